The van der Waals surface area contributed by atoms with Crippen molar-refractivity contribution in [3.63, 3.8) is 0 Å². The van der Waals surface area contributed by atoms with Gasteiger partial charge in [-0.25, -0.2) is 8.78 Å². The number of nitrogens with zero attached hydrogens (tertiary/aromatic N) is 1. The van der Waals surface area contributed by atoms with Crippen LogP contribution in [0.2, 0.25) is 0 Å². The zero-order valence-corrected chi connectivity index (χ0v) is 10.2. The lowest BCUT2D eigenvalue weighted by molar-refractivity contribution is -0.132. The Bertz CT molecular complexity index is 210. The van der Waals surface area contributed by atoms with Crippen LogP contribution in [0.4, 0.5) is 8.78 Å². The van der Waals surface area contributed by atoms with Crippen molar-refractivity contribution in [2.75, 3.05) is 20.1 Å². The number of rotatable bonds is 7. The molecule has 0 saturated carbocycles. The lowest BCUT2D eigenvalue weighted by Gasteiger charge is -2.21. The molecule has 1 amide bonds. The first-order valence-electron chi connectivity index (χ1n) is 5.59. The van der Waals surface area contributed by atoms with Crippen molar-refractivity contribution in [1.82, 2.24) is 4.90 Å². The van der Waals surface area contributed by atoms with Crippen LogP contribution >= 0.6 is 0 Å². The average molecular weight is 236 g/mol. The van der Waals surface area contributed by atoms with E-state index in [2.05, 4.69) is 13.8 Å². The highest BCUT2D eigenvalue weighted by molar-refractivity contribution is 5.76. The molecule has 5 heteroatoms. The predicted octanol–water partition coefficient (Wildman–Crippen LogP) is 1.72. The normalized spacial score (nSPS) is 13.2. The minimum absolute atomic E-state index is 0.0904. The fraction of sp³-hybridized carbons (Fsp3) is 0.909. The topological polar surface area (TPSA) is 46.3 Å². The van der Waals surface area contributed by atoms with Gasteiger partial charge in [0, 0.05) is 13.5 Å². The van der Waals surface area contributed by atoms with Gasteiger partial charge in [-0.05, 0) is 24.8 Å². The first kappa shape index (κ1) is 15.3. The van der Waals surface area contributed by atoms with Gasteiger partial charge in [0.25, 0.3) is 6.43 Å². The number of carbonyl (C=O) groups excluding carboxylic acids is 1. The molecule has 0 aliphatic rings. The molecule has 1 atom stereocenters. The summed E-state index contributed by atoms with van der Waals surface area (Å²) in [5.41, 5.74) is 5.55. The summed E-state index contributed by atoms with van der Waals surface area (Å²) in [5.74, 6) is 0.297. The van der Waals surface area contributed by atoms with Crippen molar-refractivity contribution < 1.29 is 13.6 Å². The van der Waals surface area contributed by atoms with Crippen LogP contribution in [0.25, 0.3) is 0 Å². The summed E-state index contributed by atoms with van der Waals surface area (Å²) < 4.78 is 24.1. The molecule has 0 aliphatic carbocycles. The number of hydrogen-bond acceptors (Lipinski definition) is 2. The fourth-order valence-corrected chi connectivity index (χ4v) is 1.64. The van der Waals surface area contributed by atoms with E-state index in [0.29, 0.717) is 12.5 Å². The molecule has 0 radical (unpaired) electrons. The van der Waals surface area contributed by atoms with Crippen molar-refractivity contribution in [1.29, 1.82) is 0 Å². The smallest absolute Gasteiger partial charge is 0.255 e. The number of carbonyl (C=O) groups is 1. The second-order valence-corrected chi connectivity index (χ2v) is 4.60. The summed E-state index contributed by atoms with van der Waals surface area (Å²) in [6.45, 7) is 4.02. The highest BCUT2D eigenvalue weighted by atomic mass is 19.3. The van der Waals surface area contributed by atoms with Crippen LogP contribution in [0, 0.1) is 11.8 Å². The van der Waals surface area contributed by atoms with Gasteiger partial charge in [0.05, 0.1) is 6.54 Å². The molecule has 0 aromatic rings. The van der Waals surface area contributed by atoms with E-state index in [1.54, 1.807) is 0 Å². The second kappa shape index (κ2) is 7.54. The molecule has 0 rings (SSSR count). The first-order chi connectivity index (χ1) is 7.36. The van der Waals surface area contributed by atoms with Crippen molar-refractivity contribution in [2.24, 2.45) is 17.6 Å². The molecule has 3 nitrogen and oxygen atoms in total. The van der Waals surface area contributed by atoms with E-state index in [9.17, 15) is 13.6 Å². The predicted molar refractivity (Wildman–Crippen MR) is 60.3 cm³/mol. The molecule has 0 fully saturated rings. The van der Waals surface area contributed by atoms with Crippen LogP contribution in [-0.2, 0) is 4.79 Å². The van der Waals surface area contributed by atoms with Gasteiger partial charge in [0.2, 0.25) is 5.91 Å². The van der Waals surface area contributed by atoms with Crippen molar-refractivity contribution in [3.8, 4) is 0 Å². The van der Waals surface area contributed by atoms with Crippen LogP contribution in [0.1, 0.15) is 26.7 Å². The van der Waals surface area contributed by atoms with Crippen molar-refractivity contribution >= 4 is 5.91 Å². The fourth-order valence-electron chi connectivity index (χ4n) is 1.64. The second-order valence-electron chi connectivity index (χ2n) is 4.60. The quantitative estimate of drug-likeness (QED) is 0.731. The Kier molecular flexibility index (Phi) is 7.21. The molecule has 2 N–H and O–H groups in total. The van der Waals surface area contributed by atoms with Crippen molar-refractivity contribution in [2.45, 2.75) is 33.1 Å². The van der Waals surface area contributed by atoms with Gasteiger partial charge in [-0.2, -0.15) is 0 Å². The van der Waals surface area contributed by atoms with Gasteiger partial charge in [-0.3, -0.25) is 4.79 Å². The van der Waals surface area contributed by atoms with E-state index in [0.717, 1.165) is 11.3 Å². The third kappa shape index (κ3) is 6.71. The Morgan fingerprint density at radius 3 is 2.31 bits per heavy atom. The van der Waals surface area contributed by atoms with Crippen LogP contribution < -0.4 is 5.73 Å². The molecule has 0 spiro atoms. The molecule has 0 aliphatic heterocycles. The Labute approximate surface area is 96.0 Å². The molecular weight excluding hydrogens is 214 g/mol. The van der Waals surface area contributed by atoms with Gasteiger partial charge in [-0.15, -0.1) is 0 Å². The lowest BCUT2D eigenvalue weighted by Crippen LogP contribution is -2.34. The minimum atomic E-state index is -2.48. The minimum Gasteiger partial charge on any atom is -0.340 e. The number of hydrogen-bond donors (Lipinski definition) is 1. The van der Waals surface area contributed by atoms with E-state index in [-0.39, 0.29) is 18.2 Å². The van der Waals surface area contributed by atoms with Gasteiger partial charge in [0.15, 0.2) is 0 Å². The average Bonchev–Trinajstić information content (AvgIpc) is 2.14. The maximum absolute atomic E-state index is 12.1. The van der Waals surface area contributed by atoms with E-state index >= 15 is 0 Å². The van der Waals surface area contributed by atoms with E-state index < -0.39 is 13.0 Å². The zero-order chi connectivity index (χ0) is 12.7. The molecule has 0 heterocycles. The maximum atomic E-state index is 12.1. The van der Waals surface area contributed by atoms with Crippen LogP contribution in [0.5, 0.6) is 0 Å². The Morgan fingerprint density at radius 2 is 1.94 bits per heavy atom. The summed E-state index contributed by atoms with van der Waals surface area (Å²) in [4.78, 5) is 12.6. The van der Waals surface area contributed by atoms with Crippen LogP contribution in [0.15, 0.2) is 0 Å². The molecule has 0 aromatic carbocycles. The Hall–Kier alpha value is -0.710. The standard InChI is InChI=1S/C11H22F2N2O/c1-8(2)4-9(6-14)5-11(16)15(3)7-10(12)13/h8-10H,4-7,14H2,1-3H3/t9-/m0/s1. The number of halogens is 2. The SMILES string of the molecule is CC(C)C[C@H](CN)CC(=O)N(C)CC(F)F. The third-order valence-electron chi connectivity index (χ3n) is 2.44. The molecule has 16 heavy (non-hydrogen) atoms. The zero-order valence-electron chi connectivity index (χ0n) is 10.2. The Morgan fingerprint density at radius 1 is 1.38 bits per heavy atom. The lowest BCUT2D eigenvalue weighted by atomic mass is 9.94. The molecular formula is C11H22F2N2O. The largest absolute Gasteiger partial charge is 0.340 e. The van der Waals surface area contributed by atoms with Crippen molar-refractivity contribution in [3.05, 3.63) is 0 Å². The molecule has 0 saturated heterocycles. The van der Waals surface area contributed by atoms with Gasteiger partial charge in [-0.1, -0.05) is 13.8 Å². The van der Waals surface area contributed by atoms with Gasteiger partial charge in [0.1, 0.15) is 0 Å². The maximum Gasteiger partial charge on any atom is 0.255 e. The summed E-state index contributed by atoms with van der Waals surface area (Å²) in [6, 6.07) is 0. The van der Waals surface area contributed by atoms with Gasteiger partial charge < -0.3 is 10.6 Å². The monoisotopic (exact) mass is 236 g/mol. The van der Waals surface area contributed by atoms with E-state index in [1.165, 1.54) is 7.05 Å². The molecule has 0 aromatic heterocycles. The number of amides is 1. The highest BCUT2D eigenvalue weighted by Crippen LogP contribution is 2.15. The third-order valence-corrected chi connectivity index (χ3v) is 2.44. The molecule has 96 valence electrons. The summed E-state index contributed by atoms with van der Waals surface area (Å²) in [5, 5.41) is 0. The summed E-state index contributed by atoms with van der Waals surface area (Å²) in [6.07, 6.45) is -1.36. The van der Waals surface area contributed by atoms with Crippen LogP contribution in [0.3, 0.4) is 0 Å². The molecule has 0 bridgehead atoms. The van der Waals surface area contributed by atoms with Crippen LogP contribution in [-0.4, -0.2) is 37.4 Å². The number of alkyl halides is 2. The Balaban J connectivity index is 4.08. The summed E-state index contributed by atoms with van der Waals surface area (Å²) in [7, 11) is 1.40. The van der Waals surface area contributed by atoms with E-state index in [4.69, 9.17) is 5.73 Å². The summed E-state index contributed by atoms with van der Waals surface area (Å²) >= 11 is 0. The first-order valence-corrected chi connectivity index (χ1v) is 5.59. The van der Waals surface area contributed by atoms with Gasteiger partial charge >= 0.3 is 0 Å². The van der Waals surface area contributed by atoms with E-state index in [1.807, 2.05) is 0 Å². The highest BCUT2D eigenvalue weighted by Gasteiger charge is 2.18. The number of nitrogens with two attached hydrogens (primary N) is 1. The molecule has 0 unspecified atom stereocenters.